The molecule has 2 heterocycles. The largest absolute Gasteiger partial charge is 0.467 e. The minimum Gasteiger partial charge on any atom is -0.467 e. The fourth-order valence-corrected chi connectivity index (χ4v) is 5.32. The zero-order chi connectivity index (χ0) is 28.6. The van der Waals surface area contributed by atoms with E-state index in [0.29, 0.717) is 32.1 Å². The van der Waals surface area contributed by atoms with Crippen molar-refractivity contribution in [1.82, 2.24) is 26.7 Å². The number of nitrogens with one attached hydrogen (secondary N) is 5. The Hall–Kier alpha value is -3.92. The standard InChI is InChI=1S/C30H38N5O5/c1-18(36)32-27-17-20-11-13-24-22(16-20)21-15-19(10-12-23(21)33-24)7-3-4-9-26(30(39)40-2)35-28(37)25(34-29(27)38)8-5-6-14-31/h10-13,15-16,25-27,31,33H,3-9,14,17H2,1-2H3,(H,32,36)(H,34,38)(H,35,37)/t25-,26+,27?/m1/s1. The van der Waals surface area contributed by atoms with Gasteiger partial charge in [0.2, 0.25) is 17.7 Å². The van der Waals surface area contributed by atoms with Crippen molar-refractivity contribution >= 4 is 45.5 Å². The van der Waals surface area contributed by atoms with Gasteiger partial charge in [0.1, 0.15) is 18.1 Å². The Morgan fingerprint density at radius 2 is 1.68 bits per heavy atom. The number of ether oxygens (including phenoxy) is 1. The number of aryl methyl sites for hydroxylation is 1. The molecule has 1 unspecified atom stereocenters. The van der Waals surface area contributed by atoms with Crippen LogP contribution >= 0.6 is 0 Å². The molecule has 1 aromatic heterocycles. The smallest absolute Gasteiger partial charge is 0.328 e. The SMILES string of the molecule is COC(=O)[C@@H]1CCCCc2ccc3[nH]c4ccc(cc4c3c2)CC(NC(C)=O)C(=O)N[C@H](CCCC[NH])C(=O)N1. The minimum absolute atomic E-state index is 0.207. The van der Waals surface area contributed by atoms with Gasteiger partial charge in [-0.1, -0.05) is 18.6 Å². The molecule has 3 aromatic rings. The highest BCUT2D eigenvalue weighted by Gasteiger charge is 2.29. The number of rotatable bonds is 6. The van der Waals surface area contributed by atoms with Gasteiger partial charge in [-0.3, -0.25) is 20.1 Å². The van der Waals surface area contributed by atoms with Crippen LogP contribution in [0.1, 0.15) is 56.6 Å². The van der Waals surface area contributed by atoms with E-state index in [2.05, 4.69) is 39.1 Å². The number of hydrogen-bond donors (Lipinski definition) is 4. The number of fused-ring (bicyclic) bond motifs is 2. The molecule has 0 saturated carbocycles. The van der Waals surface area contributed by atoms with Crippen LogP contribution in [-0.2, 0) is 36.8 Å². The number of esters is 1. The van der Waals surface area contributed by atoms with E-state index < -0.39 is 35.9 Å². The highest BCUT2D eigenvalue weighted by molar-refractivity contribution is 6.07. The van der Waals surface area contributed by atoms with Crippen LogP contribution in [0.4, 0.5) is 0 Å². The summed E-state index contributed by atoms with van der Waals surface area (Å²) in [6, 6.07) is 9.61. The average Bonchev–Trinajstić information content (AvgIpc) is 3.29. The summed E-state index contributed by atoms with van der Waals surface area (Å²) in [6.07, 6.45) is 4.40. The zero-order valence-corrected chi connectivity index (χ0v) is 23.1. The van der Waals surface area contributed by atoms with Crippen LogP contribution in [0, 0.1) is 0 Å². The Bertz CT molecular complexity index is 1380. The third kappa shape index (κ3) is 7.18. The van der Waals surface area contributed by atoms with Gasteiger partial charge in [-0.15, -0.1) is 0 Å². The Morgan fingerprint density at radius 1 is 0.975 bits per heavy atom. The lowest BCUT2D eigenvalue weighted by atomic mass is 9.99. The topological polar surface area (TPSA) is 153 Å². The number of aromatic amines is 1. The predicted octanol–water partition coefficient (Wildman–Crippen LogP) is 2.69. The third-order valence-electron chi connectivity index (χ3n) is 7.42. The van der Waals surface area contributed by atoms with Gasteiger partial charge < -0.3 is 25.7 Å². The lowest BCUT2D eigenvalue weighted by Crippen LogP contribution is -2.56. The summed E-state index contributed by atoms with van der Waals surface area (Å²) in [5.41, 5.74) is 11.5. The van der Waals surface area contributed by atoms with E-state index >= 15 is 0 Å². The molecule has 40 heavy (non-hydrogen) atoms. The van der Waals surface area contributed by atoms with Crippen molar-refractivity contribution < 1.29 is 23.9 Å². The molecule has 10 nitrogen and oxygen atoms in total. The van der Waals surface area contributed by atoms with E-state index in [1.807, 2.05) is 18.2 Å². The number of H-pyrrole nitrogens is 1. The van der Waals surface area contributed by atoms with Gasteiger partial charge >= 0.3 is 5.97 Å². The Balaban J connectivity index is 1.71. The molecule has 2 aromatic carbocycles. The van der Waals surface area contributed by atoms with Crippen molar-refractivity contribution in [2.75, 3.05) is 13.7 Å². The van der Waals surface area contributed by atoms with Crippen molar-refractivity contribution in [3.63, 3.8) is 0 Å². The van der Waals surface area contributed by atoms with Gasteiger partial charge in [-0.05, 0) is 73.9 Å². The molecule has 0 spiro atoms. The first-order valence-corrected chi connectivity index (χ1v) is 13.9. The van der Waals surface area contributed by atoms with E-state index in [1.165, 1.54) is 19.6 Å². The van der Waals surface area contributed by atoms with E-state index in [0.717, 1.165) is 40.2 Å². The Morgan fingerprint density at radius 3 is 2.35 bits per heavy atom. The highest BCUT2D eigenvalue weighted by Crippen LogP contribution is 2.28. The van der Waals surface area contributed by atoms with Crippen molar-refractivity contribution in [1.29, 1.82) is 0 Å². The fraction of sp³-hybridized carbons (Fsp3) is 0.467. The summed E-state index contributed by atoms with van der Waals surface area (Å²) in [5.74, 6) is -1.87. The van der Waals surface area contributed by atoms with Gasteiger partial charge in [-0.2, -0.15) is 0 Å². The van der Waals surface area contributed by atoms with Gasteiger partial charge in [0, 0.05) is 41.7 Å². The lowest BCUT2D eigenvalue weighted by molar-refractivity contribution is -0.145. The number of amides is 3. The first-order valence-electron chi connectivity index (χ1n) is 13.9. The summed E-state index contributed by atoms with van der Waals surface area (Å²) < 4.78 is 4.95. The molecule has 1 radical (unpaired) electrons. The quantitative estimate of drug-likeness (QED) is 0.276. The molecule has 0 fully saturated rings. The minimum atomic E-state index is -0.923. The molecule has 3 atom stereocenters. The van der Waals surface area contributed by atoms with Gasteiger partial charge in [0.15, 0.2) is 0 Å². The molecule has 10 heteroatoms. The molecule has 0 saturated heterocycles. The van der Waals surface area contributed by atoms with Crippen LogP contribution < -0.4 is 21.7 Å². The van der Waals surface area contributed by atoms with Gasteiger partial charge in [-0.25, -0.2) is 4.79 Å². The molecule has 4 rings (SSSR count). The maximum Gasteiger partial charge on any atom is 0.328 e. The maximum atomic E-state index is 13.5. The molecule has 1 aliphatic rings. The van der Waals surface area contributed by atoms with E-state index in [-0.39, 0.29) is 18.9 Å². The second-order valence-electron chi connectivity index (χ2n) is 10.5. The fourth-order valence-electron chi connectivity index (χ4n) is 5.32. The molecule has 0 aliphatic carbocycles. The lowest BCUT2D eigenvalue weighted by Gasteiger charge is -2.25. The summed E-state index contributed by atoms with van der Waals surface area (Å²) >= 11 is 0. The summed E-state index contributed by atoms with van der Waals surface area (Å²) in [6.45, 7) is 1.56. The molecular formula is C30H38N5O5. The number of methoxy groups -OCH3 is 1. The molecule has 213 valence electrons. The first-order chi connectivity index (χ1) is 19.3. The normalized spacial score (nSPS) is 20.7. The van der Waals surface area contributed by atoms with Crippen LogP contribution in [0.3, 0.4) is 0 Å². The second kappa shape index (κ2) is 13.4. The van der Waals surface area contributed by atoms with E-state index in [1.54, 1.807) is 0 Å². The number of hydrogen-bond acceptors (Lipinski definition) is 5. The van der Waals surface area contributed by atoms with Crippen LogP contribution in [0.15, 0.2) is 36.4 Å². The maximum absolute atomic E-state index is 13.5. The monoisotopic (exact) mass is 548 g/mol. The first kappa shape index (κ1) is 29.1. The molecule has 4 bridgehead atoms. The van der Waals surface area contributed by atoms with Crippen LogP contribution in [0.25, 0.3) is 21.8 Å². The molecule has 3 amide bonds. The van der Waals surface area contributed by atoms with Crippen LogP contribution in [0.5, 0.6) is 0 Å². The van der Waals surface area contributed by atoms with Gasteiger partial charge in [0.25, 0.3) is 0 Å². The zero-order valence-electron chi connectivity index (χ0n) is 23.1. The molecule has 5 N–H and O–H groups in total. The van der Waals surface area contributed by atoms with Crippen LogP contribution in [-0.4, -0.2) is 60.5 Å². The number of unbranched alkanes of at least 4 members (excludes halogenated alkanes) is 1. The van der Waals surface area contributed by atoms with E-state index in [4.69, 9.17) is 10.5 Å². The van der Waals surface area contributed by atoms with Gasteiger partial charge in [0.05, 0.1) is 7.11 Å². The number of aromatic nitrogens is 1. The summed E-state index contributed by atoms with van der Waals surface area (Å²) in [5, 5.41) is 10.4. The van der Waals surface area contributed by atoms with E-state index in [9.17, 15) is 19.2 Å². The third-order valence-corrected chi connectivity index (χ3v) is 7.42. The molecular weight excluding hydrogens is 510 g/mol. The number of carbonyl (C=O) groups is 4. The highest BCUT2D eigenvalue weighted by atomic mass is 16.5. The Labute approximate surface area is 233 Å². The Kier molecular flexibility index (Phi) is 9.76. The second-order valence-corrected chi connectivity index (χ2v) is 10.5. The molecule has 1 aliphatic heterocycles. The van der Waals surface area contributed by atoms with Crippen molar-refractivity contribution in [3.05, 3.63) is 47.5 Å². The number of carbonyl (C=O) groups excluding carboxylic acids is 4. The predicted molar refractivity (Wildman–Crippen MR) is 152 cm³/mol. The number of benzene rings is 2. The average molecular weight is 549 g/mol. The summed E-state index contributed by atoms with van der Waals surface area (Å²) in [4.78, 5) is 54.8. The van der Waals surface area contributed by atoms with Crippen molar-refractivity contribution in [3.8, 4) is 0 Å². The van der Waals surface area contributed by atoms with Crippen LogP contribution in [0.2, 0.25) is 0 Å². The van der Waals surface area contributed by atoms with Crippen molar-refractivity contribution in [2.45, 2.75) is 76.4 Å². The summed E-state index contributed by atoms with van der Waals surface area (Å²) in [7, 11) is 1.28. The van der Waals surface area contributed by atoms with Crippen molar-refractivity contribution in [2.24, 2.45) is 0 Å².